The predicted octanol–water partition coefficient (Wildman–Crippen LogP) is 2.53. The maximum Gasteiger partial charge on any atom is 0.220 e. The Morgan fingerprint density at radius 2 is 1.95 bits per heavy atom. The van der Waals surface area contributed by atoms with Gasteiger partial charge in [-0.2, -0.15) is 0 Å². The summed E-state index contributed by atoms with van der Waals surface area (Å²) in [6.07, 6.45) is 3.65. The van der Waals surface area contributed by atoms with E-state index in [4.69, 9.17) is 10.5 Å². The zero-order valence-corrected chi connectivity index (χ0v) is 12.3. The highest BCUT2D eigenvalue weighted by Crippen LogP contribution is 2.30. The van der Waals surface area contributed by atoms with Gasteiger partial charge in [0.2, 0.25) is 5.95 Å². The van der Waals surface area contributed by atoms with E-state index in [9.17, 15) is 0 Å². The van der Waals surface area contributed by atoms with E-state index in [-0.39, 0.29) is 0 Å². The van der Waals surface area contributed by atoms with E-state index in [1.807, 2.05) is 12.1 Å². The number of ether oxygens (including phenoxy) is 1. The monoisotopic (exact) mass is 274 g/mol. The predicted molar refractivity (Wildman–Crippen MR) is 81.7 cm³/mol. The number of hydrogen-bond donors (Lipinski definition) is 1. The van der Waals surface area contributed by atoms with E-state index in [1.165, 1.54) is 19.3 Å². The van der Waals surface area contributed by atoms with Crippen LogP contribution in [0, 0.1) is 0 Å². The van der Waals surface area contributed by atoms with Crippen LogP contribution in [0.2, 0.25) is 0 Å². The number of nitrogens with zero attached hydrogens (tertiary/aromatic N) is 3. The molecule has 2 unspecified atom stereocenters. The first kappa shape index (κ1) is 13.1. The zero-order chi connectivity index (χ0) is 14.3. The minimum Gasteiger partial charge on any atom is -0.494 e. The summed E-state index contributed by atoms with van der Waals surface area (Å²) in [5, 5.41) is 2.35. The molecule has 1 aliphatic heterocycles. The Bertz CT molecular complexity index is 612. The van der Waals surface area contributed by atoms with Gasteiger partial charge in [0.05, 0.1) is 12.6 Å². The SMILES string of the molecule is COc1cccc2c1nc(N)n2N1C(C)CCCC1C. The fraction of sp³-hybridized carbons (Fsp3) is 0.533. The number of methoxy groups -OCH3 is 1. The molecule has 2 atom stereocenters. The van der Waals surface area contributed by atoms with Gasteiger partial charge in [0.1, 0.15) is 11.3 Å². The van der Waals surface area contributed by atoms with Crippen molar-refractivity contribution in [3.63, 3.8) is 0 Å². The lowest BCUT2D eigenvalue weighted by atomic mass is 10.00. The molecule has 1 fully saturated rings. The molecule has 0 radical (unpaired) electrons. The Morgan fingerprint density at radius 1 is 1.25 bits per heavy atom. The summed E-state index contributed by atoms with van der Waals surface area (Å²) in [7, 11) is 1.66. The molecule has 2 N–H and O–H groups in total. The Balaban J connectivity index is 2.18. The summed E-state index contributed by atoms with van der Waals surface area (Å²) >= 11 is 0. The average molecular weight is 274 g/mol. The van der Waals surface area contributed by atoms with Crippen LogP contribution in [0.5, 0.6) is 5.75 Å². The molecular formula is C15H22N4O. The third-order valence-electron chi connectivity index (χ3n) is 4.25. The van der Waals surface area contributed by atoms with Crippen molar-refractivity contribution in [2.24, 2.45) is 0 Å². The number of nitrogens with two attached hydrogens (primary N) is 1. The second-order valence-corrected chi connectivity index (χ2v) is 5.62. The largest absolute Gasteiger partial charge is 0.494 e. The molecule has 108 valence electrons. The van der Waals surface area contributed by atoms with Crippen LogP contribution in [-0.4, -0.2) is 28.9 Å². The van der Waals surface area contributed by atoms with E-state index >= 15 is 0 Å². The number of aromatic nitrogens is 2. The summed E-state index contributed by atoms with van der Waals surface area (Å²) in [4.78, 5) is 4.50. The molecular weight excluding hydrogens is 252 g/mol. The molecule has 0 aliphatic carbocycles. The van der Waals surface area contributed by atoms with Crippen LogP contribution >= 0.6 is 0 Å². The average Bonchev–Trinajstić information content (AvgIpc) is 2.75. The van der Waals surface area contributed by atoms with Crippen LogP contribution in [0.25, 0.3) is 11.0 Å². The highest BCUT2D eigenvalue weighted by atomic mass is 16.5. The summed E-state index contributed by atoms with van der Waals surface area (Å²) in [6.45, 7) is 4.50. The van der Waals surface area contributed by atoms with Gasteiger partial charge in [-0.1, -0.05) is 6.07 Å². The molecule has 2 heterocycles. The van der Waals surface area contributed by atoms with E-state index in [0.717, 1.165) is 16.8 Å². The summed E-state index contributed by atoms with van der Waals surface area (Å²) in [5.41, 5.74) is 8.03. The van der Waals surface area contributed by atoms with Gasteiger partial charge in [-0.15, -0.1) is 0 Å². The number of rotatable bonds is 2. The molecule has 1 aliphatic rings. The van der Waals surface area contributed by atoms with Gasteiger partial charge in [0.15, 0.2) is 0 Å². The standard InChI is InChI=1S/C15H22N4O/c1-10-6-4-7-11(2)18(10)19-12-8-5-9-13(20-3)14(12)17-15(19)16/h5,8-11H,4,6-7H2,1-3H3,(H2,16,17). The first-order valence-electron chi connectivity index (χ1n) is 7.23. The number of fused-ring (bicyclic) bond motifs is 1. The normalized spacial score (nSPS) is 23.2. The van der Waals surface area contributed by atoms with Gasteiger partial charge in [0, 0.05) is 12.1 Å². The van der Waals surface area contributed by atoms with E-state index in [2.05, 4.69) is 34.6 Å². The van der Waals surface area contributed by atoms with E-state index < -0.39 is 0 Å². The van der Waals surface area contributed by atoms with Gasteiger partial charge >= 0.3 is 0 Å². The Labute approximate surface area is 119 Å². The van der Waals surface area contributed by atoms with Crippen LogP contribution in [0.3, 0.4) is 0 Å². The summed E-state index contributed by atoms with van der Waals surface area (Å²) in [5.74, 6) is 1.30. The molecule has 5 nitrogen and oxygen atoms in total. The lowest BCUT2D eigenvalue weighted by molar-refractivity contribution is 0.343. The number of nitrogen functional groups attached to an aromatic ring is 1. The highest BCUT2D eigenvalue weighted by Gasteiger charge is 2.28. The minimum atomic E-state index is 0.463. The molecule has 0 spiro atoms. The Kier molecular flexibility index (Phi) is 3.20. The van der Waals surface area contributed by atoms with Crippen LogP contribution in [-0.2, 0) is 0 Å². The van der Waals surface area contributed by atoms with E-state index in [1.54, 1.807) is 7.11 Å². The van der Waals surface area contributed by atoms with Crippen molar-refractivity contribution in [3.05, 3.63) is 18.2 Å². The van der Waals surface area contributed by atoms with Crippen molar-refractivity contribution in [2.45, 2.75) is 45.2 Å². The smallest absolute Gasteiger partial charge is 0.220 e. The molecule has 3 rings (SSSR count). The van der Waals surface area contributed by atoms with Gasteiger partial charge in [0.25, 0.3) is 0 Å². The molecule has 1 aromatic heterocycles. The quantitative estimate of drug-likeness (QED) is 0.914. The van der Waals surface area contributed by atoms with Crippen LogP contribution in [0.4, 0.5) is 5.95 Å². The second kappa shape index (κ2) is 4.89. The van der Waals surface area contributed by atoms with Gasteiger partial charge in [-0.25, -0.2) is 9.66 Å². The second-order valence-electron chi connectivity index (χ2n) is 5.62. The number of benzene rings is 1. The zero-order valence-electron chi connectivity index (χ0n) is 12.3. The topological polar surface area (TPSA) is 56.3 Å². The maximum absolute atomic E-state index is 6.19. The molecule has 0 amide bonds. The fourth-order valence-electron chi connectivity index (χ4n) is 3.29. The van der Waals surface area contributed by atoms with Crippen molar-refractivity contribution >= 4 is 17.0 Å². The number of imidazole rings is 1. The number of para-hydroxylation sites is 1. The third kappa shape index (κ3) is 1.88. The van der Waals surface area contributed by atoms with Gasteiger partial charge in [-0.05, 0) is 45.2 Å². The molecule has 20 heavy (non-hydrogen) atoms. The Morgan fingerprint density at radius 3 is 2.60 bits per heavy atom. The maximum atomic E-state index is 6.19. The van der Waals surface area contributed by atoms with Crippen molar-refractivity contribution in [1.82, 2.24) is 9.66 Å². The Hall–Kier alpha value is -1.91. The van der Waals surface area contributed by atoms with Gasteiger partial charge < -0.3 is 15.5 Å². The fourth-order valence-corrected chi connectivity index (χ4v) is 3.29. The van der Waals surface area contributed by atoms with Crippen molar-refractivity contribution in [1.29, 1.82) is 0 Å². The molecule has 0 bridgehead atoms. The van der Waals surface area contributed by atoms with Crippen molar-refractivity contribution < 1.29 is 4.74 Å². The molecule has 5 heteroatoms. The number of anilines is 1. The van der Waals surface area contributed by atoms with Crippen molar-refractivity contribution in [3.8, 4) is 5.75 Å². The minimum absolute atomic E-state index is 0.463. The molecule has 0 saturated carbocycles. The summed E-state index contributed by atoms with van der Waals surface area (Å²) < 4.78 is 7.45. The lowest BCUT2D eigenvalue weighted by Crippen LogP contribution is -2.51. The molecule has 1 saturated heterocycles. The lowest BCUT2D eigenvalue weighted by Gasteiger charge is -2.41. The summed E-state index contributed by atoms with van der Waals surface area (Å²) in [6, 6.07) is 6.88. The first-order valence-corrected chi connectivity index (χ1v) is 7.23. The van der Waals surface area contributed by atoms with Gasteiger partial charge in [-0.3, -0.25) is 0 Å². The van der Waals surface area contributed by atoms with Crippen molar-refractivity contribution in [2.75, 3.05) is 17.9 Å². The number of hydrogen-bond acceptors (Lipinski definition) is 4. The molecule has 1 aromatic carbocycles. The van der Waals surface area contributed by atoms with Crippen LogP contribution in [0.1, 0.15) is 33.1 Å². The first-order chi connectivity index (χ1) is 9.63. The third-order valence-corrected chi connectivity index (χ3v) is 4.25. The highest BCUT2D eigenvalue weighted by molar-refractivity contribution is 5.84. The molecule has 2 aromatic rings. The number of piperidine rings is 1. The van der Waals surface area contributed by atoms with E-state index in [0.29, 0.717) is 18.0 Å². The van der Waals surface area contributed by atoms with Crippen LogP contribution in [0.15, 0.2) is 18.2 Å². The van der Waals surface area contributed by atoms with Crippen LogP contribution < -0.4 is 15.5 Å².